The van der Waals surface area contributed by atoms with Crippen molar-refractivity contribution < 1.29 is 4.42 Å². The van der Waals surface area contributed by atoms with Gasteiger partial charge in [-0.05, 0) is 48.6 Å². The monoisotopic (exact) mass is 235 g/mol. The average Bonchev–Trinajstić information content (AvgIpc) is 2.88. The minimum atomic E-state index is 0.282. The molecule has 1 heterocycles. The fourth-order valence-electron chi connectivity index (χ4n) is 3.50. The fraction of sp³-hybridized carbons (Fsp3) is 0.733. The lowest BCUT2D eigenvalue weighted by Gasteiger charge is -2.37. The summed E-state index contributed by atoms with van der Waals surface area (Å²) in [7, 11) is 0. The van der Waals surface area contributed by atoms with E-state index in [1.54, 1.807) is 6.26 Å². The van der Waals surface area contributed by atoms with Crippen LogP contribution in [0.3, 0.4) is 0 Å². The van der Waals surface area contributed by atoms with Crippen LogP contribution in [0.25, 0.3) is 0 Å². The molecule has 1 unspecified atom stereocenters. The highest BCUT2D eigenvalue weighted by molar-refractivity contribution is 5.10. The first-order valence-electron chi connectivity index (χ1n) is 6.89. The first-order valence-corrected chi connectivity index (χ1v) is 6.89. The number of hydrogen-bond acceptors (Lipinski definition) is 2. The predicted octanol–water partition coefficient (Wildman–Crippen LogP) is 3.76. The first-order chi connectivity index (χ1) is 8.12. The molecule has 2 N–H and O–H groups in total. The lowest BCUT2D eigenvalue weighted by Crippen LogP contribution is -2.42. The maximum absolute atomic E-state index is 6.51. The van der Waals surface area contributed by atoms with Crippen LogP contribution in [0, 0.1) is 11.3 Å². The van der Waals surface area contributed by atoms with Gasteiger partial charge in [-0.2, -0.15) is 0 Å². The molecule has 0 spiro atoms. The molecule has 1 aliphatic rings. The molecule has 0 aromatic carbocycles. The van der Waals surface area contributed by atoms with E-state index < -0.39 is 0 Å². The maximum Gasteiger partial charge on any atom is 0.0935 e. The quantitative estimate of drug-likeness (QED) is 0.844. The van der Waals surface area contributed by atoms with Gasteiger partial charge in [0.05, 0.1) is 12.5 Å². The molecule has 1 aliphatic carbocycles. The molecule has 2 nitrogen and oxygen atoms in total. The van der Waals surface area contributed by atoms with Crippen LogP contribution in [0.5, 0.6) is 0 Å². The van der Waals surface area contributed by atoms with Gasteiger partial charge < -0.3 is 10.2 Å². The molecule has 1 fully saturated rings. The zero-order valence-corrected chi connectivity index (χ0v) is 11.1. The highest BCUT2D eigenvalue weighted by atomic mass is 16.3. The first kappa shape index (κ1) is 12.7. The summed E-state index contributed by atoms with van der Waals surface area (Å²) in [5.74, 6) is 0.739. The van der Waals surface area contributed by atoms with E-state index in [9.17, 15) is 0 Å². The second-order valence-electron chi connectivity index (χ2n) is 6.11. The Balaban J connectivity index is 2.05. The van der Waals surface area contributed by atoms with Gasteiger partial charge in [-0.3, -0.25) is 0 Å². The van der Waals surface area contributed by atoms with Gasteiger partial charge in [0.1, 0.15) is 0 Å². The van der Waals surface area contributed by atoms with Crippen LogP contribution < -0.4 is 5.73 Å². The van der Waals surface area contributed by atoms with E-state index in [4.69, 9.17) is 10.2 Å². The molecule has 0 aliphatic heterocycles. The second kappa shape index (κ2) is 5.26. The van der Waals surface area contributed by atoms with E-state index in [2.05, 4.69) is 13.8 Å². The van der Waals surface area contributed by atoms with Gasteiger partial charge in [0.2, 0.25) is 0 Å². The smallest absolute Gasteiger partial charge is 0.0935 e. The average molecular weight is 235 g/mol. The van der Waals surface area contributed by atoms with E-state index in [0.717, 1.165) is 12.3 Å². The van der Waals surface area contributed by atoms with Crippen LogP contribution in [0.1, 0.15) is 51.5 Å². The van der Waals surface area contributed by atoms with Gasteiger partial charge in [-0.25, -0.2) is 0 Å². The van der Waals surface area contributed by atoms with Gasteiger partial charge in [0, 0.05) is 6.04 Å². The summed E-state index contributed by atoms with van der Waals surface area (Å²) in [6, 6.07) is 2.32. The SMILES string of the molecule is CC(C)CC1(C(N)Cc2ccoc2)CCCC1. The largest absolute Gasteiger partial charge is 0.472 e. The van der Waals surface area contributed by atoms with Gasteiger partial charge >= 0.3 is 0 Å². The summed E-state index contributed by atoms with van der Waals surface area (Å²) in [5.41, 5.74) is 8.14. The van der Waals surface area contributed by atoms with Crippen LogP contribution in [0.4, 0.5) is 0 Å². The minimum Gasteiger partial charge on any atom is -0.472 e. The molecule has 0 bridgehead atoms. The van der Waals surface area contributed by atoms with Crippen LogP contribution in [0.15, 0.2) is 23.0 Å². The summed E-state index contributed by atoms with van der Waals surface area (Å²) in [6.07, 6.45) is 11.1. The number of nitrogens with two attached hydrogens (primary N) is 1. The Morgan fingerprint density at radius 3 is 2.59 bits per heavy atom. The van der Waals surface area contributed by atoms with Crippen molar-refractivity contribution in [3.63, 3.8) is 0 Å². The summed E-state index contributed by atoms with van der Waals surface area (Å²) >= 11 is 0. The van der Waals surface area contributed by atoms with E-state index in [0.29, 0.717) is 5.41 Å². The molecule has 1 aromatic rings. The summed E-state index contributed by atoms with van der Waals surface area (Å²) in [5, 5.41) is 0. The third-order valence-electron chi connectivity index (χ3n) is 4.24. The second-order valence-corrected chi connectivity index (χ2v) is 6.11. The Kier molecular flexibility index (Phi) is 3.93. The molecule has 0 saturated heterocycles. The Hall–Kier alpha value is -0.760. The molecule has 1 atom stereocenters. The van der Waals surface area contributed by atoms with Crippen LogP contribution >= 0.6 is 0 Å². The summed E-state index contributed by atoms with van der Waals surface area (Å²) in [6.45, 7) is 4.62. The lowest BCUT2D eigenvalue weighted by atomic mass is 9.71. The molecule has 0 amide bonds. The zero-order chi connectivity index (χ0) is 12.3. The number of hydrogen-bond donors (Lipinski definition) is 1. The molecular weight excluding hydrogens is 210 g/mol. The van der Waals surface area contributed by atoms with E-state index >= 15 is 0 Å². The standard InChI is InChI=1S/C15H25NO/c1-12(2)10-15(6-3-4-7-15)14(16)9-13-5-8-17-11-13/h5,8,11-12,14H,3-4,6-7,9-10,16H2,1-2H3. The lowest BCUT2D eigenvalue weighted by molar-refractivity contribution is 0.181. The molecule has 2 heteroatoms. The normalized spacial score (nSPS) is 20.9. The Bertz CT molecular complexity index is 323. The minimum absolute atomic E-state index is 0.282. The van der Waals surface area contributed by atoms with Crippen molar-refractivity contribution in [2.45, 2.75) is 58.4 Å². The van der Waals surface area contributed by atoms with Gasteiger partial charge in [-0.15, -0.1) is 0 Å². The van der Waals surface area contributed by atoms with E-state index in [-0.39, 0.29) is 6.04 Å². The highest BCUT2D eigenvalue weighted by Gasteiger charge is 2.39. The Morgan fingerprint density at radius 1 is 1.35 bits per heavy atom. The number of furan rings is 1. The predicted molar refractivity (Wildman–Crippen MR) is 70.7 cm³/mol. The van der Waals surface area contributed by atoms with Crippen molar-refractivity contribution in [2.24, 2.45) is 17.1 Å². The fourth-order valence-corrected chi connectivity index (χ4v) is 3.50. The molecule has 96 valence electrons. The van der Waals surface area contributed by atoms with E-state index in [1.165, 1.54) is 37.7 Å². The highest BCUT2D eigenvalue weighted by Crippen LogP contribution is 2.46. The van der Waals surface area contributed by atoms with Crippen molar-refractivity contribution in [2.75, 3.05) is 0 Å². The molecule has 17 heavy (non-hydrogen) atoms. The maximum atomic E-state index is 6.51. The topological polar surface area (TPSA) is 39.2 Å². The van der Waals surface area contributed by atoms with Gasteiger partial charge in [-0.1, -0.05) is 26.7 Å². The summed E-state index contributed by atoms with van der Waals surface area (Å²) < 4.78 is 5.14. The molecule has 1 aromatic heterocycles. The summed E-state index contributed by atoms with van der Waals surface area (Å²) in [4.78, 5) is 0. The number of rotatable bonds is 5. The van der Waals surface area contributed by atoms with Crippen molar-refractivity contribution in [1.82, 2.24) is 0 Å². The van der Waals surface area contributed by atoms with Crippen molar-refractivity contribution in [1.29, 1.82) is 0 Å². The van der Waals surface area contributed by atoms with Gasteiger partial charge in [0.15, 0.2) is 0 Å². The van der Waals surface area contributed by atoms with Crippen molar-refractivity contribution >= 4 is 0 Å². The Morgan fingerprint density at radius 2 is 2.06 bits per heavy atom. The Labute approximate surface area is 105 Å². The molecular formula is C15H25NO. The molecule has 0 radical (unpaired) electrons. The zero-order valence-electron chi connectivity index (χ0n) is 11.1. The third-order valence-corrected chi connectivity index (χ3v) is 4.24. The third kappa shape index (κ3) is 2.92. The van der Waals surface area contributed by atoms with Crippen LogP contribution in [-0.2, 0) is 6.42 Å². The van der Waals surface area contributed by atoms with Crippen LogP contribution in [0.2, 0.25) is 0 Å². The molecule has 1 saturated carbocycles. The van der Waals surface area contributed by atoms with Crippen LogP contribution in [-0.4, -0.2) is 6.04 Å². The van der Waals surface area contributed by atoms with E-state index in [1.807, 2.05) is 12.3 Å². The van der Waals surface area contributed by atoms with Gasteiger partial charge in [0.25, 0.3) is 0 Å². The molecule has 2 rings (SSSR count). The van der Waals surface area contributed by atoms with Crippen molar-refractivity contribution in [3.05, 3.63) is 24.2 Å². The van der Waals surface area contributed by atoms with Crippen molar-refractivity contribution in [3.8, 4) is 0 Å².